The Morgan fingerprint density at radius 3 is 2.50 bits per heavy atom. The van der Waals surface area contributed by atoms with E-state index in [1.165, 1.54) is 0 Å². The van der Waals surface area contributed by atoms with Crippen molar-refractivity contribution in [2.75, 3.05) is 0 Å². The summed E-state index contributed by atoms with van der Waals surface area (Å²) >= 11 is 0. The normalized spacial score (nSPS) is 10.8. The number of aromatic amines is 1. The van der Waals surface area contributed by atoms with Crippen molar-refractivity contribution < 1.29 is 9.90 Å². The number of H-pyrrole nitrogens is 1. The molecule has 1 aromatic carbocycles. The number of nitrogens with one attached hydrogen (secondary N) is 2. The zero-order valence-corrected chi connectivity index (χ0v) is 11.6. The van der Waals surface area contributed by atoms with Gasteiger partial charge in [-0.15, -0.1) is 5.10 Å². The highest BCUT2D eigenvalue weighted by Gasteiger charge is 2.13. The molecule has 6 nitrogen and oxygen atoms in total. The number of hydrogen-bond donors (Lipinski definition) is 3. The standard InChI is InChI=1S/C14H18N4O2/c1-9(2)12-16-13(18-17-12)14(20)15-7-10-3-5-11(8-19)6-4-10/h3-6,9,19H,7-8H2,1-2H3,(H,15,20)(H,16,17,18). The molecule has 2 aromatic rings. The minimum absolute atomic E-state index is 0.0157. The summed E-state index contributed by atoms with van der Waals surface area (Å²) in [6.45, 7) is 4.37. The van der Waals surface area contributed by atoms with Gasteiger partial charge in [0.25, 0.3) is 5.91 Å². The number of carbonyl (C=O) groups excluding carboxylic acids is 1. The maximum Gasteiger partial charge on any atom is 0.291 e. The Kier molecular flexibility index (Phi) is 4.47. The summed E-state index contributed by atoms with van der Waals surface area (Å²) in [6, 6.07) is 7.38. The molecule has 6 heteroatoms. The topological polar surface area (TPSA) is 90.9 Å². The van der Waals surface area contributed by atoms with Crippen molar-refractivity contribution in [1.29, 1.82) is 0 Å². The highest BCUT2D eigenvalue weighted by molar-refractivity contribution is 5.90. The monoisotopic (exact) mass is 274 g/mol. The van der Waals surface area contributed by atoms with E-state index in [0.717, 1.165) is 11.1 Å². The van der Waals surface area contributed by atoms with Gasteiger partial charge in [-0.3, -0.25) is 9.89 Å². The molecule has 0 aliphatic carbocycles. The second-order valence-electron chi connectivity index (χ2n) is 4.86. The molecule has 0 saturated carbocycles. The van der Waals surface area contributed by atoms with E-state index in [9.17, 15) is 4.79 Å². The van der Waals surface area contributed by atoms with Crippen LogP contribution in [0.3, 0.4) is 0 Å². The van der Waals surface area contributed by atoms with Crippen molar-refractivity contribution in [3.63, 3.8) is 0 Å². The predicted molar refractivity (Wildman–Crippen MR) is 74.0 cm³/mol. The summed E-state index contributed by atoms with van der Waals surface area (Å²) in [7, 11) is 0. The van der Waals surface area contributed by atoms with Crippen LogP contribution in [0, 0.1) is 0 Å². The van der Waals surface area contributed by atoms with E-state index in [0.29, 0.717) is 12.4 Å². The molecule has 2 rings (SSSR count). The zero-order valence-electron chi connectivity index (χ0n) is 11.6. The molecule has 0 fully saturated rings. The smallest absolute Gasteiger partial charge is 0.291 e. The minimum atomic E-state index is -0.306. The predicted octanol–water partition coefficient (Wildman–Crippen LogP) is 1.35. The van der Waals surface area contributed by atoms with Gasteiger partial charge in [-0.2, -0.15) is 0 Å². The number of aliphatic hydroxyl groups is 1. The van der Waals surface area contributed by atoms with Gasteiger partial charge in [-0.25, -0.2) is 4.98 Å². The molecule has 0 saturated heterocycles. The van der Waals surface area contributed by atoms with Crippen molar-refractivity contribution in [3.8, 4) is 0 Å². The van der Waals surface area contributed by atoms with Crippen LogP contribution in [-0.4, -0.2) is 26.2 Å². The van der Waals surface area contributed by atoms with Crippen LogP contribution in [0.1, 0.15) is 47.3 Å². The first kappa shape index (κ1) is 14.2. The SMILES string of the molecule is CC(C)c1nc(C(=O)NCc2ccc(CO)cc2)n[nH]1. The fourth-order valence-corrected chi connectivity index (χ4v) is 1.66. The Balaban J connectivity index is 1.93. The maximum atomic E-state index is 11.9. The number of aromatic nitrogens is 3. The molecule has 0 spiro atoms. The average molecular weight is 274 g/mol. The Morgan fingerprint density at radius 2 is 1.95 bits per heavy atom. The second kappa shape index (κ2) is 6.29. The first-order valence-electron chi connectivity index (χ1n) is 6.49. The van der Waals surface area contributed by atoms with E-state index in [1.54, 1.807) is 0 Å². The Hall–Kier alpha value is -2.21. The van der Waals surface area contributed by atoms with Crippen molar-refractivity contribution in [3.05, 3.63) is 47.0 Å². The van der Waals surface area contributed by atoms with Crippen molar-refractivity contribution in [2.24, 2.45) is 0 Å². The number of nitrogens with zero attached hydrogens (tertiary/aromatic N) is 2. The molecule has 0 radical (unpaired) electrons. The van der Waals surface area contributed by atoms with Crippen LogP contribution in [0.15, 0.2) is 24.3 Å². The van der Waals surface area contributed by atoms with Gasteiger partial charge in [0, 0.05) is 12.5 Å². The summed E-state index contributed by atoms with van der Waals surface area (Å²) < 4.78 is 0. The average Bonchev–Trinajstić information content (AvgIpc) is 2.95. The highest BCUT2D eigenvalue weighted by atomic mass is 16.3. The van der Waals surface area contributed by atoms with Gasteiger partial charge < -0.3 is 10.4 Å². The summed E-state index contributed by atoms with van der Waals surface area (Å²) in [6.07, 6.45) is 0. The Labute approximate surface area is 117 Å². The van der Waals surface area contributed by atoms with Crippen LogP contribution in [0.25, 0.3) is 0 Å². The molecule has 1 amide bonds. The first-order valence-corrected chi connectivity index (χ1v) is 6.49. The van der Waals surface area contributed by atoms with Gasteiger partial charge in [0.2, 0.25) is 5.82 Å². The maximum absolute atomic E-state index is 11.9. The molecule has 0 unspecified atom stereocenters. The molecule has 1 aromatic heterocycles. The fraction of sp³-hybridized carbons (Fsp3) is 0.357. The van der Waals surface area contributed by atoms with Crippen LogP contribution in [0.2, 0.25) is 0 Å². The molecule has 0 aliphatic rings. The summed E-state index contributed by atoms with van der Waals surface area (Å²) in [5, 5.41) is 18.4. The molecular weight excluding hydrogens is 256 g/mol. The summed E-state index contributed by atoms with van der Waals surface area (Å²) in [4.78, 5) is 16.0. The zero-order chi connectivity index (χ0) is 14.5. The lowest BCUT2D eigenvalue weighted by atomic mass is 10.1. The third-order valence-electron chi connectivity index (χ3n) is 2.91. The second-order valence-corrected chi connectivity index (χ2v) is 4.86. The number of carbonyl (C=O) groups is 1. The minimum Gasteiger partial charge on any atom is -0.392 e. The van der Waals surface area contributed by atoms with Gasteiger partial charge in [-0.1, -0.05) is 38.1 Å². The molecule has 106 valence electrons. The number of aliphatic hydroxyl groups excluding tert-OH is 1. The third kappa shape index (κ3) is 3.42. The number of amides is 1. The van der Waals surface area contributed by atoms with Crippen LogP contribution in [0.5, 0.6) is 0 Å². The van der Waals surface area contributed by atoms with Crippen molar-refractivity contribution >= 4 is 5.91 Å². The Bertz CT molecular complexity index is 575. The molecule has 3 N–H and O–H groups in total. The van der Waals surface area contributed by atoms with E-state index in [1.807, 2.05) is 38.1 Å². The first-order chi connectivity index (χ1) is 9.60. The number of benzene rings is 1. The van der Waals surface area contributed by atoms with Gasteiger partial charge in [-0.05, 0) is 11.1 Å². The molecule has 0 bridgehead atoms. The van der Waals surface area contributed by atoms with E-state index >= 15 is 0 Å². The van der Waals surface area contributed by atoms with Crippen molar-refractivity contribution in [2.45, 2.75) is 32.9 Å². The summed E-state index contributed by atoms with van der Waals surface area (Å²) in [5.74, 6) is 0.748. The molecule has 1 heterocycles. The van der Waals surface area contributed by atoms with Crippen molar-refractivity contribution in [1.82, 2.24) is 20.5 Å². The van der Waals surface area contributed by atoms with Gasteiger partial charge in [0.05, 0.1) is 6.61 Å². The fourth-order valence-electron chi connectivity index (χ4n) is 1.66. The van der Waals surface area contributed by atoms with Crippen LogP contribution in [0.4, 0.5) is 0 Å². The van der Waals surface area contributed by atoms with Crippen LogP contribution in [-0.2, 0) is 13.2 Å². The van der Waals surface area contributed by atoms with E-state index < -0.39 is 0 Å². The van der Waals surface area contributed by atoms with Crippen LogP contribution < -0.4 is 5.32 Å². The van der Waals surface area contributed by atoms with E-state index in [2.05, 4.69) is 20.5 Å². The number of rotatable bonds is 5. The lowest BCUT2D eigenvalue weighted by Gasteiger charge is -2.04. The third-order valence-corrected chi connectivity index (χ3v) is 2.91. The molecule has 0 aliphatic heterocycles. The lowest BCUT2D eigenvalue weighted by Crippen LogP contribution is -2.24. The largest absolute Gasteiger partial charge is 0.392 e. The molecule has 0 atom stereocenters. The molecule has 20 heavy (non-hydrogen) atoms. The Morgan fingerprint density at radius 1 is 1.30 bits per heavy atom. The van der Waals surface area contributed by atoms with Gasteiger partial charge in [0.1, 0.15) is 5.82 Å². The van der Waals surface area contributed by atoms with Gasteiger partial charge in [0.15, 0.2) is 0 Å². The number of hydrogen-bond acceptors (Lipinski definition) is 4. The van der Waals surface area contributed by atoms with E-state index in [4.69, 9.17) is 5.11 Å². The van der Waals surface area contributed by atoms with E-state index in [-0.39, 0.29) is 24.3 Å². The highest BCUT2D eigenvalue weighted by Crippen LogP contribution is 2.08. The van der Waals surface area contributed by atoms with Gasteiger partial charge >= 0.3 is 0 Å². The quantitative estimate of drug-likeness (QED) is 0.767. The molecular formula is C14H18N4O2. The summed E-state index contributed by atoms with van der Waals surface area (Å²) in [5.41, 5.74) is 1.80. The van der Waals surface area contributed by atoms with Crippen LogP contribution >= 0.6 is 0 Å². The lowest BCUT2D eigenvalue weighted by molar-refractivity contribution is 0.0941.